The average Bonchev–Trinajstić information content (AvgIpc) is 2.89. The van der Waals surface area contributed by atoms with Crippen molar-refractivity contribution in [2.24, 2.45) is 5.92 Å². The third-order valence-electron chi connectivity index (χ3n) is 3.91. The number of ether oxygens (including phenoxy) is 1. The van der Waals surface area contributed by atoms with Crippen molar-refractivity contribution in [3.8, 4) is 5.75 Å². The number of carboxylic acids is 1. The van der Waals surface area contributed by atoms with Crippen LogP contribution in [0.15, 0.2) is 23.1 Å². The fraction of sp³-hybridized carbons (Fsp3) is 0.500. The molecule has 0 amide bonds. The number of carbonyl (C=O) groups is 1. The first-order valence-electron chi connectivity index (χ1n) is 6.92. The Labute approximate surface area is 132 Å². The number of methoxy groups -OCH3 is 1. The molecule has 0 heterocycles. The third-order valence-corrected chi connectivity index (χ3v) is 5.31. The molecule has 1 aromatic rings. The number of sulfonamides is 1. The van der Waals surface area contributed by atoms with Crippen molar-refractivity contribution in [3.63, 3.8) is 0 Å². The van der Waals surface area contributed by atoms with E-state index in [-0.39, 0.29) is 29.9 Å². The number of rotatable bonds is 6. The van der Waals surface area contributed by atoms with Gasteiger partial charge in [-0.1, -0.05) is 0 Å². The monoisotopic (exact) mass is 349 g/mol. The molecule has 0 aliphatic heterocycles. The van der Waals surface area contributed by atoms with Crippen molar-refractivity contribution in [1.29, 1.82) is 0 Å². The number of hydrogen-bond acceptors (Lipinski definition) is 4. The fourth-order valence-corrected chi connectivity index (χ4v) is 3.69. The minimum atomic E-state index is -4.10. The van der Waals surface area contributed by atoms with E-state index >= 15 is 0 Å². The second-order valence-electron chi connectivity index (χ2n) is 5.55. The van der Waals surface area contributed by atoms with E-state index in [0.717, 1.165) is 18.2 Å². The van der Waals surface area contributed by atoms with E-state index in [0.29, 0.717) is 0 Å². The topological polar surface area (TPSA) is 92.7 Å². The van der Waals surface area contributed by atoms with Gasteiger partial charge in [0.1, 0.15) is 5.67 Å². The van der Waals surface area contributed by atoms with Gasteiger partial charge in [0, 0.05) is 6.54 Å². The molecule has 0 radical (unpaired) electrons. The first-order chi connectivity index (χ1) is 10.7. The van der Waals surface area contributed by atoms with Crippen LogP contribution in [0.4, 0.5) is 8.78 Å². The number of halogens is 2. The predicted molar refractivity (Wildman–Crippen MR) is 77.0 cm³/mol. The Balaban J connectivity index is 2.07. The van der Waals surface area contributed by atoms with Gasteiger partial charge < -0.3 is 9.84 Å². The van der Waals surface area contributed by atoms with Crippen molar-refractivity contribution >= 4 is 16.0 Å². The number of aliphatic carboxylic acids is 1. The number of hydrogen-bond donors (Lipinski definition) is 2. The number of alkyl halides is 1. The predicted octanol–water partition coefficient (Wildman–Crippen LogP) is 1.71. The zero-order valence-corrected chi connectivity index (χ0v) is 13.2. The number of nitrogens with one attached hydrogen (secondary N) is 1. The van der Waals surface area contributed by atoms with Crippen LogP contribution in [0.5, 0.6) is 5.75 Å². The molecule has 6 nitrogen and oxygen atoms in total. The van der Waals surface area contributed by atoms with Crippen LogP contribution < -0.4 is 9.46 Å². The van der Waals surface area contributed by atoms with E-state index in [9.17, 15) is 22.0 Å². The van der Waals surface area contributed by atoms with E-state index in [1.54, 1.807) is 0 Å². The molecule has 23 heavy (non-hydrogen) atoms. The molecule has 128 valence electrons. The quantitative estimate of drug-likeness (QED) is 0.815. The molecule has 2 atom stereocenters. The summed E-state index contributed by atoms with van der Waals surface area (Å²) in [5, 5.41) is 8.87. The van der Waals surface area contributed by atoms with Crippen molar-refractivity contribution in [2.45, 2.75) is 29.8 Å². The standard InChI is InChI=1S/C14H17F2NO5S/c1-22-12-3-2-10(6-11(12)15)23(20,21)17-8-14(16)5-4-9(7-14)13(18)19/h2-3,6,9,17H,4-5,7-8H2,1H3,(H,18,19)/t9-,14+/m0/s1. The summed E-state index contributed by atoms with van der Waals surface area (Å²) in [4.78, 5) is 10.5. The molecule has 0 spiro atoms. The Morgan fingerprint density at radius 1 is 1.52 bits per heavy atom. The first-order valence-corrected chi connectivity index (χ1v) is 8.40. The summed E-state index contributed by atoms with van der Waals surface area (Å²) in [5.74, 6) is -2.87. The van der Waals surface area contributed by atoms with Crippen molar-refractivity contribution in [1.82, 2.24) is 4.72 Å². The van der Waals surface area contributed by atoms with Crippen LogP contribution in [-0.2, 0) is 14.8 Å². The molecule has 0 saturated heterocycles. The van der Waals surface area contributed by atoms with Gasteiger partial charge >= 0.3 is 5.97 Å². The van der Waals surface area contributed by atoms with Crippen molar-refractivity contribution in [3.05, 3.63) is 24.0 Å². The zero-order valence-electron chi connectivity index (χ0n) is 12.4. The van der Waals surface area contributed by atoms with E-state index in [1.807, 2.05) is 0 Å². The molecule has 0 unspecified atom stereocenters. The minimum Gasteiger partial charge on any atom is -0.494 e. The van der Waals surface area contributed by atoms with Crippen LogP contribution in [0.1, 0.15) is 19.3 Å². The lowest BCUT2D eigenvalue weighted by Gasteiger charge is -2.20. The van der Waals surface area contributed by atoms with E-state index in [2.05, 4.69) is 4.72 Å². The lowest BCUT2D eigenvalue weighted by Crippen LogP contribution is -2.38. The number of carboxylic acid groups (broad SMARTS) is 1. The van der Waals surface area contributed by atoms with Crippen LogP contribution in [0.3, 0.4) is 0 Å². The van der Waals surface area contributed by atoms with Gasteiger partial charge in [-0.15, -0.1) is 0 Å². The summed E-state index contributed by atoms with van der Waals surface area (Å²) in [6, 6.07) is 3.08. The molecule has 1 saturated carbocycles. The van der Waals surface area contributed by atoms with Gasteiger partial charge in [-0.25, -0.2) is 21.9 Å². The second kappa shape index (κ2) is 6.40. The SMILES string of the molecule is COc1ccc(S(=O)(=O)NC[C@@]2(F)CC[C@H](C(=O)O)C2)cc1F. The molecule has 1 aliphatic rings. The molecule has 9 heteroatoms. The smallest absolute Gasteiger partial charge is 0.306 e. The zero-order chi connectivity index (χ0) is 17.3. The number of benzene rings is 1. The maximum Gasteiger partial charge on any atom is 0.306 e. The maximum absolute atomic E-state index is 14.5. The Morgan fingerprint density at radius 3 is 2.74 bits per heavy atom. The molecule has 1 aromatic carbocycles. The molecule has 2 N–H and O–H groups in total. The van der Waals surface area contributed by atoms with Crippen LogP contribution in [0.25, 0.3) is 0 Å². The molecular formula is C14H17F2NO5S. The summed E-state index contributed by atoms with van der Waals surface area (Å²) < 4.78 is 59.0. The molecule has 2 rings (SSSR count). The molecule has 0 bridgehead atoms. The summed E-state index contributed by atoms with van der Waals surface area (Å²) in [7, 11) is -2.86. The summed E-state index contributed by atoms with van der Waals surface area (Å²) in [5.41, 5.74) is -1.92. The van der Waals surface area contributed by atoms with Crippen LogP contribution in [-0.4, -0.2) is 38.8 Å². The Bertz CT molecular complexity index is 709. The average molecular weight is 349 g/mol. The van der Waals surface area contributed by atoms with Crippen LogP contribution in [0, 0.1) is 11.7 Å². The molecular weight excluding hydrogens is 332 g/mol. The lowest BCUT2D eigenvalue weighted by atomic mass is 10.0. The Morgan fingerprint density at radius 2 is 2.22 bits per heavy atom. The highest BCUT2D eigenvalue weighted by Gasteiger charge is 2.43. The minimum absolute atomic E-state index is 0.0382. The molecule has 1 aliphatic carbocycles. The van der Waals surface area contributed by atoms with E-state index in [1.165, 1.54) is 7.11 Å². The van der Waals surface area contributed by atoms with Crippen LogP contribution in [0.2, 0.25) is 0 Å². The first kappa shape index (κ1) is 17.6. The van der Waals surface area contributed by atoms with Gasteiger partial charge in [-0.3, -0.25) is 4.79 Å². The Hall–Kier alpha value is -1.74. The van der Waals surface area contributed by atoms with Gasteiger partial charge in [-0.2, -0.15) is 0 Å². The van der Waals surface area contributed by atoms with Gasteiger partial charge in [-0.05, 0) is 37.5 Å². The van der Waals surface area contributed by atoms with Gasteiger partial charge in [0.05, 0.1) is 17.9 Å². The van der Waals surface area contributed by atoms with E-state index < -0.39 is 39.9 Å². The highest BCUT2D eigenvalue weighted by atomic mass is 32.2. The normalized spacial score (nSPS) is 24.6. The molecule has 1 fully saturated rings. The van der Waals surface area contributed by atoms with Crippen LogP contribution >= 0.6 is 0 Å². The third kappa shape index (κ3) is 3.97. The van der Waals surface area contributed by atoms with Crippen molar-refractivity contribution in [2.75, 3.05) is 13.7 Å². The fourth-order valence-electron chi connectivity index (χ4n) is 2.57. The van der Waals surface area contributed by atoms with E-state index in [4.69, 9.17) is 9.84 Å². The second-order valence-corrected chi connectivity index (χ2v) is 7.32. The van der Waals surface area contributed by atoms with Gasteiger partial charge in [0.15, 0.2) is 11.6 Å². The maximum atomic E-state index is 14.5. The largest absolute Gasteiger partial charge is 0.494 e. The van der Waals surface area contributed by atoms with Gasteiger partial charge in [0.25, 0.3) is 0 Å². The summed E-state index contributed by atoms with van der Waals surface area (Å²) in [6.07, 6.45) is -0.129. The van der Waals surface area contributed by atoms with Gasteiger partial charge in [0.2, 0.25) is 10.0 Å². The highest BCUT2D eigenvalue weighted by molar-refractivity contribution is 7.89. The lowest BCUT2D eigenvalue weighted by molar-refractivity contribution is -0.141. The summed E-state index contributed by atoms with van der Waals surface area (Å²) >= 11 is 0. The summed E-state index contributed by atoms with van der Waals surface area (Å²) in [6.45, 7) is -0.549. The van der Waals surface area contributed by atoms with Crippen molar-refractivity contribution < 1.29 is 31.8 Å². The highest BCUT2D eigenvalue weighted by Crippen LogP contribution is 2.37. The molecule has 0 aromatic heterocycles. The Kier molecular flexibility index (Phi) is 4.90.